The van der Waals surface area contributed by atoms with Crippen molar-refractivity contribution < 1.29 is 18.4 Å². The molecule has 0 saturated carbocycles. The highest BCUT2D eigenvalue weighted by Crippen LogP contribution is 2.25. The van der Waals surface area contributed by atoms with Gasteiger partial charge in [-0.1, -0.05) is 23.2 Å². The van der Waals surface area contributed by atoms with Gasteiger partial charge in [-0.05, 0) is 30.3 Å². The lowest BCUT2D eigenvalue weighted by Gasteiger charge is -2.08. The fraction of sp³-hybridized carbons (Fsp3) is 0. The summed E-state index contributed by atoms with van der Waals surface area (Å²) in [5.41, 5.74) is -0.284. The molecule has 0 heterocycles. The molecule has 2 aromatic rings. The molecule has 0 bridgehead atoms. The molecule has 0 aliphatic rings. The molecule has 0 saturated heterocycles. The highest BCUT2D eigenvalue weighted by molar-refractivity contribution is 6.45. The van der Waals surface area contributed by atoms with Crippen LogP contribution in [0.1, 0.15) is 0 Å². The van der Waals surface area contributed by atoms with E-state index in [1.165, 1.54) is 18.2 Å². The number of carbonyl (C=O) groups excluding carboxylic acids is 2. The van der Waals surface area contributed by atoms with Crippen molar-refractivity contribution in [3.05, 3.63) is 58.1 Å². The van der Waals surface area contributed by atoms with Crippen molar-refractivity contribution in [2.24, 2.45) is 0 Å². The molecule has 0 aliphatic heterocycles. The quantitative estimate of drug-likeness (QED) is 0.813. The third-order valence-corrected chi connectivity index (χ3v) is 3.11. The van der Waals surface area contributed by atoms with Crippen LogP contribution in [0.15, 0.2) is 36.4 Å². The lowest BCUT2D eigenvalue weighted by Crippen LogP contribution is -2.29. The number of rotatable bonds is 2. The Morgan fingerprint density at radius 2 is 1.50 bits per heavy atom. The van der Waals surface area contributed by atoms with Gasteiger partial charge in [0.2, 0.25) is 0 Å². The number of nitrogens with one attached hydrogen (secondary N) is 2. The molecule has 4 nitrogen and oxygen atoms in total. The van der Waals surface area contributed by atoms with Gasteiger partial charge in [-0.25, -0.2) is 8.78 Å². The SMILES string of the molecule is O=C(Nc1cc(F)ccc1F)C(=O)Nc1ccc(Cl)cc1Cl. The van der Waals surface area contributed by atoms with Crippen LogP contribution in [0.25, 0.3) is 0 Å². The zero-order valence-electron chi connectivity index (χ0n) is 10.8. The Morgan fingerprint density at radius 1 is 0.864 bits per heavy atom. The number of amides is 2. The van der Waals surface area contributed by atoms with E-state index in [0.717, 1.165) is 18.2 Å². The molecule has 22 heavy (non-hydrogen) atoms. The third-order valence-electron chi connectivity index (χ3n) is 2.56. The van der Waals surface area contributed by atoms with E-state index < -0.39 is 29.1 Å². The molecule has 0 fully saturated rings. The Bertz CT molecular complexity index is 754. The molecule has 114 valence electrons. The van der Waals surface area contributed by atoms with Crippen LogP contribution in [0.5, 0.6) is 0 Å². The molecular weight excluding hydrogens is 337 g/mol. The molecule has 2 amide bonds. The van der Waals surface area contributed by atoms with Gasteiger partial charge in [-0.3, -0.25) is 9.59 Å². The van der Waals surface area contributed by atoms with E-state index in [-0.39, 0.29) is 10.7 Å². The summed E-state index contributed by atoms with van der Waals surface area (Å²) in [6, 6.07) is 6.72. The standard InChI is InChI=1S/C14H8Cl2F2N2O2/c15-7-1-4-11(9(16)5-7)19-13(21)14(22)20-12-6-8(17)2-3-10(12)18/h1-6H,(H,19,21)(H,20,22). The van der Waals surface area contributed by atoms with Crippen molar-refractivity contribution in [3.8, 4) is 0 Å². The Balaban J connectivity index is 2.09. The minimum absolute atomic E-state index is 0.130. The predicted molar refractivity (Wildman–Crippen MR) is 80.1 cm³/mol. The average molecular weight is 345 g/mol. The van der Waals surface area contributed by atoms with E-state index in [1.807, 2.05) is 5.32 Å². The number of halogens is 4. The summed E-state index contributed by atoms with van der Waals surface area (Å²) in [5, 5.41) is 4.69. The van der Waals surface area contributed by atoms with Crippen molar-refractivity contribution in [3.63, 3.8) is 0 Å². The molecule has 0 radical (unpaired) electrons. The zero-order valence-corrected chi connectivity index (χ0v) is 12.3. The monoisotopic (exact) mass is 344 g/mol. The highest BCUT2D eigenvalue weighted by atomic mass is 35.5. The topological polar surface area (TPSA) is 58.2 Å². The van der Waals surface area contributed by atoms with Gasteiger partial charge in [0.25, 0.3) is 0 Å². The van der Waals surface area contributed by atoms with Gasteiger partial charge < -0.3 is 10.6 Å². The van der Waals surface area contributed by atoms with E-state index in [2.05, 4.69) is 5.32 Å². The number of carbonyl (C=O) groups is 2. The molecule has 8 heteroatoms. The second kappa shape index (κ2) is 6.72. The van der Waals surface area contributed by atoms with Crippen LogP contribution in [0.2, 0.25) is 10.0 Å². The minimum Gasteiger partial charge on any atom is -0.316 e. The molecule has 2 aromatic carbocycles. The first kappa shape index (κ1) is 16.2. The summed E-state index contributed by atoms with van der Waals surface area (Å²) in [4.78, 5) is 23.4. The Hall–Kier alpha value is -2.18. The smallest absolute Gasteiger partial charge is 0.314 e. The first-order chi connectivity index (χ1) is 10.4. The maximum absolute atomic E-state index is 13.4. The molecule has 2 N–H and O–H groups in total. The van der Waals surface area contributed by atoms with Gasteiger partial charge in [0.15, 0.2) is 0 Å². The maximum atomic E-state index is 13.4. The predicted octanol–water partition coefficient (Wildman–Crippen LogP) is 3.85. The third kappa shape index (κ3) is 3.93. The summed E-state index contributed by atoms with van der Waals surface area (Å²) in [6.45, 7) is 0. The molecule has 0 atom stereocenters. The molecule has 0 aliphatic carbocycles. The zero-order chi connectivity index (χ0) is 16.3. The maximum Gasteiger partial charge on any atom is 0.314 e. The molecule has 0 spiro atoms. The average Bonchev–Trinajstić information content (AvgIpc) is 2.45. The second-order valence-electron chi connectivity index (χ2n) is 4.16. The van der Waals surface area contributed by atoms with Gasteiger partial charge in [0.05, 0.1) is 16.4 Å². The Kier molecular flexibility index (Phi) is 4.95. The van der Waals surface area contributed by atoms with Crippen LogP contribution in [0, 0.1) is 11.6 Å². The Labute approximate surface area is 134 Å². The fourth-order valence-corrected chi connectivity index (χ4v) is 2.00. The normalized spacial score (nSPS) is 10.2. The summed E-state index contributed by atoms with van der Waals surface area (Å²) in [6.07, 6.45) is 0. The van der Waals surface area contributed by atoms with Gasteiger partial charge in [0.1, 0.15) is 11.6 Å². The van der Waals surface area contributed by atoms with Crippen LogP contribution in [0.4, 0.5) is 20.2 Å². The van der Waals surface area contributed by atoms with Crippen LogP contribution in [-0.2, 0) is 9.59 Å². The summed E-state index contributed by atoms with van der Waals surface area (Å²) in [7, 11) is 0. The summed E-state index contributed by atoms with van der Waals surface area (Å²) in [5.74, 6) is -3.88. The number of benzene rings is 2. The van der Waals surface area contributed by atoms with Crippen LogP contribution >= 0.6 is 23.2 Å². The van der Waals surface area contributed by atoms with Crippen molar-refractivity contribution >= 4 is 46.4 Å². The van der Waals surface area contributed by atoms with E-state index in [4.69, 9.17) is 23.2 Å². The highest BCUT2D eigenvalue weighted by Gasteiger charge is 2.17. The van der Waals surface area contributed by atoms with Crippen LogP contribution < -0.4 is 10.6 Å². The summed E-state index contributed by atoms with van der Waals surface area (Å²) >= 11 is 11.5. The van der Waals surface area contributed by atoms with Gasteiger partial charge in [-0.2, -0.15) is 0 Å². The summed E-state index contributed by atoms with van der Waals surface area (Å²) < 4.78 is 26.4. The first-order valence-electron chi connectivity index (χ1n) is 5.89. The molecular formula is C14H8Cl2F2N2O2. The van der Waals surface area contributed by atoms with Gasteiger partial charge in [0, 0.05) is 11.1 Å². The lowest BCUT2D eigenvalue weighted by molar-refractivity contribution is -0.133. The van der Waals surface area contributed by atoms with Gasteiger partial charge >= 0.3 is 11.8 Å². The molecule has 0 aromatic heterocycles. The van der Waals surface area contributed by atoms with E-state index in [1.54, 1.807) is 0 Å². The Morgan fingerprint density at radius 3 is 2.14 bits per heavy atom. The van der Waals surface area contributed by atoms with Crippen molar-refractivity contribution in [2.45, 2.75) is 0 Å². The van der Waals surface area contributed by atoms with Crippen LogP contribution in [-0.4, -0.2) is 11.8 Å². The lowest BCUT2D eigenvalue weighted by atomic mass is 10.3. The first-order valence-corrected chi connectivity index (χ1v) is 6.65. The molecule has 2 rings (SSSR count). The van der Waals surface area contributed by atoms with Crippen LogP contribution in [0.3, 0.4) is 0 Å². The minimum atomic E-state index is -1.17. The second-order valence-corrected chi connectivity index (χ2v) is 5.00. The number of anilines is 2. The van der Waals surface area contributed by atoms with E-state index >= 15 is 0 Å². The van der Waals surface area contributed by atoms with Crippen molar-refractivity contribution in [2.75, 3.05) is 10.6 Å². The van der Waals surface area contributed by atoms with E-state index in [0.29, 0.717) is 5.02 Å². The largest absolute Gasteiger partial charge is 0.316 e. The van der Waals surface area contributed by atoms with Crippen molar-refractivity contribution in [1.29, 1.82) is 0 Å². The number of hydrogen-bond donors (Lipinski definition) is 2. The van der Waals surface area contributed by atoms with Gasteiger partial charge in [-0.15, -0.1) is 0 Å². The van der Waals surface area contributed by atoms with E-state index in [9.17, 15) is 18.4 Å². The molecule has 0 unspecified atom stereocenters. The number of hydrogen-bond acceptors (Lipinski definition) is 2. The fourth-order valence-electron chi connectivity index (χ4n) is 1.54. The van der Waals surface area contributed by atoms with Crippen molar-refractivity contribution in [1.82, 2.24) is 0 Å².